The number of benzene rings is 2. The minimum atomic E-state index is -0.0355. The molecule has 0 unspecified atom stereocenters. The van der Waals surface area contributed by atoms with Gasteiger partial charge in [0, 0.05) is 10.8 Å². The molecule has 0 nitrogen and oxygen atoms in total. The molecular weight excluding hydrogens is 264 g/mol. The van der Waals surface area contributed by atoms with Crippen molar-refractivity contribution in [1.82, 2.24) is 0 Å². The molecule has 0 spiro atoms. The van der Waals surface area contributed by atoms with E-state index >= 15 is 0 Å². The van der Waals surface area contributed by atoms with Gasteiger partial charge in [-0.2, -0.15) is 0 Å². The van der Waals surface area contributed by atoms with Crippen LogP contribution >= 0.6 is 0 Å². The molecule has 2 aromatic rings. The van der Waals surface area contributed by atoms with Gasteiger partial charge < -0.3 is 0 Å². The number of hydrogen-bond donors (Lipinski definition) is 0. The van der Waals surface area contributed by atoms with Gasteiger partial charge >= 0.3 is 0 Å². The predicted octanol–water partition coefficient (Wildman–Crippen LogP) is 5.76. The molecule has 0 saturated carbocycles. The molecule has 1 aliphatic carbocycles. The fraction of sp³-hybridized carbons (Fsp3) is 0.273. The average molecular weight is 288 g/mol. The summed E-state index contributed by atoms with van der Waals surface area (Å²) in [6.45, 7) is 12.7. The van der Waals surface area contributed by atoms with Crippen LogP contribution in [-0.2, 0) is 10.8 Å². The van der Waals surface area contributed by atoms with E-state index in [2.05, 4.69) is 87.7 Å². The first-order chi connectivity index (χ1) is 10.6. The van der Waals surface area contributed by atoms with Crippen LogP contribution in [0.15, 0.2) is 73.8 Å². The topological polar surface area (TPSA) is 0 Å². The molecule has 112 valence electrons. The summed E-state index contributed by atoms with van der Waals surface area (Å²) in [6, 6.07) is 17.8. The van der Waals surface area contributed by atoms with Crippen molar-refractivity contribution in [3.63, 3.8) is 0 Å². The van der Waals surface area contributed by atoms with E-state index in [0.717, 1.165) is 12.8 Å². The molecule has 3 rings (SSSR count). The van der Waals surface area contributed by atoms with Crippen LogP contribution in [0.2, 0.25) is 0 Å². The summed E-state index contributed by atoms with van der Waals surface area (Å²) in [4.78, 5) is 0. The highest BCUT2D eigenvalue weighted by Gasteiger charge is 2.44. The molecule has 2 aromatic carbocycles. The summed E-state index contributed by atoms with van der Waals surface area (Å²) in [5.41, 5.74) is 5.71. The zero-order valence-corrected chi connectivity index (χ0v) is 13.6. The molecule has 0 aromatic heterocycles. The van der Waals surface area contributed by atoms with Crippen LogP contribution in [0, 0.1) is 0 Å². The summed E-state index contributed by atoms with van der Waals surface area (Å²) in [5, 5.41) is 0. The zero-order chi connectivity index (χ0) is 15.8. The monoisotopic (exact) mass is 288 g/mol. The van der Waals surface area contributed by atoms with E-state index in [0.29, 0.717) is 0 Å². The van der Waals surface area contributed by atoms with Gasteiger partial charge in [0.1, 0.15) is 0 Å². The highest BCUT2D eigenvalue weighted by molar-refractivity contribution is 5.59. The maximum Gasteiger partial charge on any atom is 0.0277 e. The molecule has 22 heavy (non-hydrogen) atoms. The molecule has 0 fully saturated rings. The minimum Gasteiger partial charge on any atom is -0.103 e. The Morgan fingerprint density at radius 3 is 1.45 bits per heavy atom. The van der Waals surface area contributed by atoms with E-state index in [9.17, 15) is 0 Å². The third-order valence-electron chi connectivity index (χ3n) is 5.22. The predicted molar refractivity (Wildman–Crippen MR) is 95.4 cm³/mol. The zero-order valence-electron chi connectivity index (χ0n) is 13.6. The number of allylic oxidation sites excluding steroid dienone is 2. The highest BCUT2D eigenvalue weighted by Crippen LogP contribution is 2.52. The fourth-order valence-electron chi connectivity index (χ4n) is 4.20. The van der Waals surface area contributed by atoms with Crippen molar-refractivity contribution >= 4 is 0 Å². The van der Waals surface area contributed by atoms with Crippen LogP contribution in [0.4, 0.5) is 0 Å². The van der Waals surface area contributed by atoms with Crippen LogP contribution < -0.4 is 0 Å². The van der Waals surface area contributed by atoms with Gasteiger partial charge in [-0.1, -0.05) is 74.5 Å². The molecular formula is C22H24. The largest absolute Gasteiger partial charge is 0.103 e. The van der Waals surface area contributed by atoms with Crippen molar-refractivity contribution in [2.24, 2.45) is 0 Å². The van der Waals surface area contributed by atoms with E-state index in [1.54, 1.807) is 0 Å². The third kappa shape index (κ3) is 1.90. The number of fused-ring (bicyclic) bond motifs is 2. The Hall–Kier alpha value is -2.08. The van der Waals surface area contributed by atoms with Crippen molar-refractivity contribution in [2.45, 2.75) is 37.5 Å². The summed E-state index contributed by atoms with van der Waals surface area (Å²) < 4.78 is 0. The Morgan fingerprint density at radius 2 is 1.09 bits per heavy atom. The SMILES string of the molecule is C=CCC1(CC=C)c2ccccc2C(C)(C)c2ccccc21. The maximum atomic E-state index is 4.03. The van der Waals surface area contributed by atoms with E-state index in [4.69, 9.17) is 0 Å². The molecule has 0 saturated heterocycles. The standard InChI is InChI=1S/C22H24/c1-5-15-22(16-6-2)19-13-9-7-11-17(19)21(3,4)18-12-8-10-14-20(18)22/h5-14H,1-2,15-16H2,3-4H3. The van der Waals surface area contributed by atoms with E-state index < -0.39 is 0 Å². The highest BCUT2D eigenvalue weighted by atomic mass is 14.5. The molecule has 0 aliphatic heterocycles. The van der Waals surface area contributed by atoms with Crippen molar-refractivity contribution in [3.8, 4) is 0 Å². The molecule has 0 radical (unpaired) electrons. The van der Waals surface area contributed by atoms with Crippen molar-refractivity contribution < 1.29 is 0 Å². The summed E-state index contributed by atoms with van der Waals surface area (Å²) in [6.07, 6.45) is 5.97. The molecule has 0 bridgehead atoms. The van der Waals surface area contributed by atoms with Gasteiger partial charge in [-0.3, -0.25) is 0 Å². The van der Waals surface area contributed by atoms with Gasteiger partial charge in [0.2, 0.25) is 0 Å². The molecule has 0 heterocycles. The van der Waals surface area contributed by atoms with Crippen molar-refractivity contribution in [3.05, 3.63) is 96.1 Å². The molecule has 0 N–H and O–H groups in total. The molecule has 0 heteroatoms. The molecule has 1 aliphatic rings. The Morgan fingerprint density at radius 1 is 0.727 bits per heavy atom. The molecule has 0 amide bonds. The second-order valence-corrected chi connectivity index (χ2v) is 6.78. The van der Waals surface area contributed by atoms with Crippen LogP contribution in [-0.4, -0.2) is 0 Å². The van der Waals surface area contributed by atoms with Gasteiger partial charge in [-0.05, 0) is 35.1 Å². The van der Waals surface area contributed by atoms with Gasteiger partial charge in [-0.25, -0.2) is 0 Å². The molecule has 0 atom stereocenters. The first kappa shape index (κ1) is 14.8. The number of hydrogen-bond acceptors (Lipinski definition) is 0. The smallest absolute Gasteiger partial charge is 0.0277 e. The Balaban J connectivity index is 2.41. The Bertz CT molecular complexity index is 657. The van der Waals surface area contributed by atoms with E-state index in [-0.39, 0.29) is 10.8 Å². The second-order valence-electron chi connectivity index (χ2n) is 6.78. The maximum absolute atomic E-state index is 4.03. The summed E-state index contributed by atoms with van der Waals surface area (Å²) in [7, 11) is 0. The summed E-state index contributed by atoms with van der Waals surface area (Å²) >= 11 is 0. The Labute approximate surface area is 134 Å². The minimum absolute atomic E-state index is 0.0268. The van der Waals surface area contributed by atoms with Crippen molar-refractivity contribution in [1.29, 1.82) is 0 Å². The number of rotatable bonds is 4. The Kier molecular flexibility index (Phi) is 3.56. The van der Waals surface area contributed by atoms with Crippen LogP contribution in [0.5, 0.6) is 0 Å². The second kappa shape index (κ2) is 5.28. The lowest BCUT2D eigenvalue weighted by molar-refractivity contribution is 0.463. The van der Waals surface area contributed by atoms with Gasteiger partial charge in [0.25, 0.3) is 0 Å². The fourth-order valence-corrected chi connectivity index (χ4v) is 4.20. The van der Waals surface area contributed by atoms with Crippen LogP contribution in [0.25, 0.3) is 0 Å². The van der Waals surface area contributed by atoms with Gasteiger partial charge in [0.05, 0.1) is 0 Å². The van der Waals surface area contributed by atoms with Gasteiger partial charge in [0.15, 0.2) is 0 Å². The first-order valence-corrected chi connectivity index (χ1v) is 7.99. The third-order valence-corrected chi connectivity index (χ3v) is 5.22. The van der Waals surface area contributed by atoms with Crippen LogP contribution in [0.3, 0.4) is 0 Å². The van der Waals surface area contributed by atoms with E-state index in [1.165, 1.54) is 22.3 Å². The van der Waals surface area contributed by atoms with E-state index in [1.807, 2.05) is 0 Å². The lowest BCUT2D eigenvalue weighted by Crippen LogP contribution is -2.39. The summed E-state index contributed by atoms with van der Waals surface area (Å²) in [5.74, 6) is 0. The van der Waals surface area contributed by atoms with Crippen molar-refractivity contribution in [2.75, 3.05) is 0 Å². The lowest BCUT2D eigenvalue weighted by Gasteiger charge is -2.46. The normalized spacial score (nSPS) is 17.2. The first-order valence-electron chi connectivity index (χ1n) is 7.99. The van der Waals surface area contributed by atoms with Crippen LogP contribution in [0.1, 0.15) is 48.9 Å². The average Bonchev–Trinajstić information content (AvgIpc) is 2.54. The van der Waals surface area contributed by atoms with Gasteiger partial charge in [-0.15, -0.1) is 13.2 Å². The lowest BCUT2D eigenvalue weighted by atomic mass is 9.56. The quantitative estimate of drug-likeness (QED) is 0.627.